The molecule has 0 saturated carbocycles. The van der Waals surface area contributed by atoms with Crippen molar-refractivity contribution in [3.63, 3.8) is 0 Å². The topological polar surface area (TPSA) is 66.8 Å². The minimum Gasteiger partial charge on any atom is -0.497 e. The summed E-state index contributed by atoms with van der Waals surface area (Å²) in [6.45, 7) is 4.70. The lowest BCUT2D eigenvalue weighted by molar-refractivity contribution is 0.0733. The first-order valence-corrected chi connectivity index (χ1v) is 11.0. The van der Waals surface area contributed by atoms with E-state index in [9.17, 15) is 9.59 Å². The van der Waals surface area contributed by atoms with Crippen molar-refractivity contribution in [2.75, 3.05) is 7.11 Å². The molecule has 0 aliphatic carbocycles. The summed E-state index contributed by atoms with van der Waals surface area (Å²) in [5, 5.41) is 0.967. The van der Waals surface area contributed by atoms with Crippen LogP contribution in [0.25, 0.3) is 17.0 Å². The highest BCUT2D eigenvalue weighted by atomic mass is 16.5. The number of allylic oxidation sites excluding steroid dienone is 1. The maximum absolute atomic E-state index is 13.0. The van der Waals surface area contributed by atoms with Gasteiger partial charge in [0.15, 0.2) is 5.76 Å². The maximum atomic E-state index is 13.0. The number of fused-ring (bicyclic) bond motifs is 2. The summed E-state index contributed by atoms with van der Waals surface area (Å²) in [5.41, 5.74) is 3.65. The van der Waals surface area contributed by atoms with E-state index in [4.69, 9.17) is 14.2 Å². The van der Waals surface area contributed by atoms with E-state index >= 15 is 0 Å². The SMILES string of the molecule is CCn1cc(/C=C2/Oc3cc(OC(=O)c4ccccc4C)ccc3C2=O)c2cc(OC)ccc21. The number of nitrogens with zero attached hydrogens (tertiary/aromatic N) is 1. The van der Waals surface area contributed by atoms with Gasteiger partial charge in [0, 0.05) is 35.3 Å². The van der Waals surface area contributed by atoms with E-state index in [2.05, 4.69) is 11.5 Å². The largest absolute Gasteiger partial charge is 0.497 e. The van der Waals surface area contributed by atoms with Gasteiger partial charge in [-0.05, 0) is 61.9 Å². The molecule has 4 aromatic rings. The van der Waals surface area contributed by atoms with E-state index < -0.39 is 5.97 Å². The van der Waals surface area contributed by atoms with Crippen molar-refractivity contribution < 1.29 is 23.8 Å². The standard InChI is InChI=1S/C28H23NO5/c1-4-29-16-18(23-14-19(32-3)10-12-24(23)29)13-26-27(30)22-11-9-20(15-25(22)34-26)33-28(31)21-8-6-5-7-17(21)2/h5-16H,4H2,1-3H3/b26-13+. The second-order valence-electron chi connectivity index (χ2n) is 8.06. The van der Waals surface area contributed by atoms with Crippen LogP contribution < -0.4 is 14.2 Å². The summed E-state index contributed by atoms with van der Waals surface area (Å²) in [4.78, 5) is 25.6. The number of aromatic nitrogens is 1. The summed E-state index contributed by atoms with van der Waals surface area (Å²) in [6, 6.07) is 17.9. The normalized spacial score (nSPS) is 13.7. The molecule has 1 aromatic heterocycles. The fourth-order valence-corrected chi connectivity index (χ4v) is 4.14. The first-order chi connectivity index (χ1) is 16.5. The highest BCUT2D eigenvalue weighted by Crippen LogP contribution is 2.36. The minimum atomic E-state index is -0.459. The average Bonchev–Trinajstić information content (AvgIpc) is 3.35. The Balaban J connectivity index is 1.45. The number of ether oxygens (including phenoxy) is 3. The van der Waals surface area contributed by atoms with Gasteiger partial charge in [0.1, 0.15) is 17.2 Å². The lowest BCUT2D eigenvalue weighted by Crippen LogP contribution is -2.10. The lowest BCUT2D eigenvalue weighted by Gasteiger charge is -2.07. The molecule has 0 N–H and O–H groups in total. The van der Waals surface area contributed by atoms with E-state index in [1.807, 2.05) is 43.5 Å². The van der Waals surface area contributed by atoms with Gasteiger partial charge < -0.3 is 18.8 Å². The van der Waals surface area contributed by atoms with Crippen molar-refractivity contribution >= 4 is 28.7 Å². The fraction of sp³-hybridized carbons (Fsp3) is 0.143. The van der Waals surface area contributed by atoms with Crippen LogP contribution in [-0.4, -0.2) is 23.4 Å². The molecule has 3 aromatic carbocycles. The number of Topliss-reactive ketones (excluding diaryl/α,β-unsaturated/α-hetero) is 1. The molecule has 6 nitrogen and oxygen atoms in total. The third-order valence-corrected chi connectivity index (χ3v) is 5.96. The van der Waals surface area contributed by atoms with Crippen molar-refractivity contribution in [1.29, 1.82) is 0 Å². The highest BCUT2D eigenvalue weighted by Gasteiger charge is 2.28. The van der Waals surface area contributed by atoms with Crippen LogP contribution in [0.1, 0.15) is 38.8 Å². The van der Waals surface area contributed by atoms with Crippen LogP contribution in [0.5, 0.6) is 17.2 Å². The molecule has 34 heavy (non-hydrogen) atoms. The monoisotopic (exact) mass is 453 g/mol. The Morgan fingerprint density at radius 2 is 1.85 bits per heavy atom. The Labute approximate surface area is 197 Å². The Hall–Kier alpha value is -4.32. The van der Waals surface area contributed by atoms with Crippen molar-refractivity contribution in [2.45, 2.75) is 20.4 Å². The summed E-state index contributed by atoms with van der Waals surface area (Å²) in [5.74, 6) is 0.960. The van der Waals surface area contributed by atoms with Gasteiger partial charge in [-0.1, -0.05) is 18.2 Å². The Morgan fingerprint density at radius 3 is 2.62 bits per heavy atom. The lowest BCUT2D eigenvalue weighted by atomic mass is 10.1. The molecule has 1 aliphatic heterocycles. The summed E-state index contributed by atoms with van der Waals surface area (Å²) >= 11 is 0. The number of ketones is 1. The molecule has 0 unspecified atom stereocenters. The summed E-state index contributed by atoms with van der Waals surface area (Å²) < 4.78 is 18.9. The van der Waals surface area contributed by atoms with Crippen molar-refractivity contribution in [2.24, 2.45) is 0 Å². The molecule has 0 radical (unpaired) electrons. The zero-order valence-electron chi connectivity index (χ0n) is 19.1. The van der Waals surface area contributed by atoms with Crippen LogP contribution in [0.15, 0.2) is 72.6 Å². The zero-order chi connectivity index (χ0) is 23.8. The van der Waals surface area contributed by atoms with E-state index in [1.165, 1.54) is 0 Å². The number of rotatable bonds is 5. The summed E-state index contributed by atoms with van der Waals surface area (Å²) in [7, 11) is 1.62. The summed E-state index contributed by atoms with van der Waals surface area (Å²) in [6.07, 6.45) is 3.74. The van der Waals surface area contributed by atoms with Crippen LogP contribution in [-0.2, 0) is 6.54 Å². The predicted molar refractivity (Wildman–Crippen MR) is 130 cm³/mol. The average molecular weight is 453 g/mol. The maximum Gasteiger partial charge on any atom is 0.343 e. The molecule has 0 bridgehead atoms. The van der Waals surface area contributed by atoms with Crippen molar-refractivity contribution in [3.8, 4) is 17.2 Å². The molecule has 0 fully saturated rings. The molecule has 0 amide bonds. The van der Waals surface area contributed by atoms with Crippen molar-refractivity contribution in [3.05, 3.63) is 94.9 Å². The number of hydrogen-bond donors (Lipinski definition) is 0. The Morgan fingerprint density at radius 1 is 1.06 bits per heavy atom. The first-order valence-electron chi connectivity index (χ1n) is 11.0. The molecule has 1 aliphatic rings. The van der Waals surface area contributed by atoms with Gasteiger partial charge in [-0.2, -0.15) is 0 Å². The molecule has 0 saturated heterocycles. The number of methoxy groups -OCH3 is 1. The van der Waals surface area contributed by atoms with Gasteiger partial charge in [0.2, 0.25) is 5.78 Å². The van der Waals surface area contributed by atoms with Crippen molar-refractivity contribution in [1.82, 2.24) is 4.57 Å². The molecule has 5 rings (SSSR count). The van der Waals surface area contributed by atoms with Gasteiger partial charge in [-0.25, -0.2) is 4.79 Å². The number of carbonyl (C=O) groups is 2. The molecular weight excluding hydrogens is 430 g/mol. The van der Waals surface area contributed by atoms with Gasteiger partial charge in [-0.15, -0.1) is 0 Å². The fourth-order valence-electron chi connectivity index (χ4n) is 4.14. The smallest absolute Gasteiger partial charge is 0.343 e. The molecule has 0 spiro atoms. The van der Waals surface area contributed by atoms with Crippen LogP contribution in [0.4, 0.5) is 0 Å². The minimum absolute atomic E-state index is 0.216. The van der Waals surface area contributed by atoms with Crippen LogP contribution in [0.2, 0.25) is 0 Å². The van der Waals surface area contributed by atoms with E-state index in [-0.39, 0.29) is 11.5 Å². The first kappa shape index (κ1) is 21.5. The van der Waals surface area contributed by atoms with Gasteiger partial charge in [0.05, 0.1) is 18.2 Å². The molecular formula is C28H23NO5. The van der Waals surface area contributed by atoms with E-state index in [0.717, 1.165) is 34.3 Å². The number of hydrogen-bond acceptors (Lipinski definition) is 5. The zero-order valence-corrected chi connectivity index (χ0v) is 19.1. The highest BCUT2D eigenvalue weighted by molar-refractivity contribution is 6.15. The Kier molecular flexibility index (Phi) is 5.42. The second kappa shape index (κ2) is 8.56. The second-order valence-corrected chi connectivity index (χ2v) is 8.06. The Bertz CT molecular complexity index is 1480. The number of benzene rings is 3. The molecule has 170 valence electrons. The van der Waals surface area contributed by atoms with Gasteiger partial charge >= 0.3 is 5.97 Å². The van der Waals surface area contributed by atoms with Crippen LogP contribution in [0.3, 0.4) is 0 Å². The van der Waals surface area contributed by atoms with E-state index in [0.29, 0.717) is 22.6 Å². The third kappa shape index (κ3) is 3.73. The molecule has 6 heteroatoms. The third-order valence-electron chi connectivity index (χ3n) is 5.96. The van der Waals surface area contributed by atoms with Gasteiger partial charge in [-0.3, -0.25) is 4.79 Å². The van der Waals surface area contributed by atoms with Crippen LogP contribution >= 0.6 is 0 Å². The number of esters is 1. The predicted octanol–water partition coefficient (Wildman–Crippen LogP) is 5.81. The molecule has 2 heterocycles. The molecule has 0 atom stereocenters. The van der Waals surface area contributed by atoms with Gasteiger partial charge in [0.25, 0.3) is 0 Å². The van der Waals surface area contributed by atoms with E-state index in [1.54, 1.807) is 43.5 Å². The quantitative estimate of drug-likeness (QED) is 0.217. The number of carbonyl (C=O) groups excluding carboxylic acids is 2. The van der Waals surface area contributed by atoms with Crippen LogP contribution in [0, 0.1) is 6.92 Å². The number of aryl methyl sites for hydroxylation is 2.